The average Bonchev–Trinajstić information content (AvgIpc) is 3.41. The van der Waals surface area contributed by atoms with E-state index in [2.05, 4.69) is 34.2 Å². The average molecular weight is 407 g/mol. The normalized spacial score (nSPS) is 13.8. The molecule has 0 saturated carbocycles. The van der Waals surface area contributed by atoms with Gasteiger partial charge in [0.15, 0.2) is 11.6 Å². The van der Waals surface area contributed by atoms with E-state index in [0.29, 0.717) is 29.5 Å². The lowest BCUT2D eigenvalue weighted by Gasteiger charge is -2.16. The molecule has 1 aromatic heterocycles. The van der Waals surface area contributed by atoms with Crippen molar-refractivity contribution in [1.29, 1.82) is 0 Å². The number of nitrogens with one attached hydrogen (secondary N) is 1. The van der Waals surface area contributed by atoms with Crippen molar-refractivity contribution in [3.8, 4) is 11.4 Å². The summed E-state index contributed by atoms with van der Waals surface area (Å²) < 4.78 is 0. The third kappa shape index (κ3) is 4.40. The molecule has 6 nitrogen and oxygen atoms in total. The fourth-order valence-corrected chi connectivity index (χ4v) is 4.01. The Kier molecular flexibility index (Phi) is 5.76. The van der Waals surface area contributed by atoms with E-state index >= 15 is 0 Å². The minimum Gasteiger partial charge on any atom is -0.312 e. The van der Waals surface area contributed by atoms with Crippen molar-refractivity contribution in [3.63, 3.8) is 0 Å². The molecule has 2 aromatic carbocycles. The number of hydrogen-bond donors (Lipinski definition) is 1. The highest BCUT2D eigenvalue weighted by Crippen LogP contribution is 2.24. The molecule has 1 saturated heterocycles. The third-order valence-corrected chi connectivity index (χ3v) is 5.83. The number of Topliss-reactive ketones (excluding diaryl/α,β-unsaturated/α-hetero) is 1. The molecule has 1 N–H and O–H groups in total. The molecule has 0 bridgehead atoms. The van der Waals surface area contributed by atoms with E-state index < -0.39 is 0 Å². The first kappa shape index (κ1) is 19.4. The van der Waals surface area contributed by atoms with Crippen molar-refractivity contribution < 1.29 is 9.59 Å². The van der Waals surface area contributed by atoms with Gasteiger partial charge in [0.1, 0.15) is 0 Å². The van der Waals surface area contributed by atoms with Gasteiger partial charge >= 0.3 is 0 Å². The predicted molar refractivity (Wildman–Crippen MR) is 114 cm³/mol. The molecule has 3 aromatic rings. The first-order valence-electron chi connectivity index (χ1n) is 9.72. The summed E-state index contributed by atoms with van der Waals surface area (Å²) in [7, 11) is 0. The number of amides is 1. The Hall–Kier alpha value is -2.93. The number of aromatic amines is 1. The topological polar surface area (TPSA) is 79.0 Å². The second kappa shape index (κ2) is 8.61. The van der Waals surface area contributed by atoms with Gasteiger partial charge in [0.2, 0.25) is 11.1 Å². The van der Waals surface area contributed by atoms with Crippen molar-refractivity contribution in [2.24, 2.45) is 0 Å². The SMILES string of the molecule is CCc1ccc(-c2nc(SCC(=O)c3cccc(N4CCCC4=O)c3)n[nH]2)cc1. The number of carbonyl (C=O) groups is 2. The van der Waals surface area contributed by atoms with Gasteiger partial charge in [-0.05, 0) is 30.5 Å². The molecule has 2 heterocycles. The number of thioether (sulfide) groups is 1. The largest absolute Gasteiger partial charge is 0.312 e. The summed E-state index contributed by atoms with van der Waals surface area (Å²) in [4.78, 5) is 30.8. The van der Waals surface area contributed by atoms with E-state index in [1.807, 2.05) is 24.3 Å². The van der Waals surface area contributed by atoms with Crippen LogP contribution in [0.2, 0.25) is 0 Å². The zero-order valence-corrected chi connectivity index (χ0v) is 17.0. The number of rotatable bonds is 7. The number of anilines is 1. The number of carbonyl (C=O) groups excluding carboxylic acids is 2. The van der Waals surface area contributed by atoms with Crippen molar-refractivity contribution in [1.82, 2.24) is 15.2 Å². The van der Waals surface area contributed by atoms with Gasteiger partial charge in [0.05, 0.1) is 5.75 Å². The molecule has 1 aliphatic rings. The fourth-order valence-electron chi connectivity index (χ4n) is 3.32. The van der Waals surface area contributed by atoms with Crippen LogP contribution >= 0.6 is 11.8 Å². The van der Waals surface area contributed by atoms with Crippen LogP contribution in [-0.4, -0.2) is 39.2 Å². The predicted octanol–water partition coefficient (Wildman–Crippen LogP) is 4.14. The maximum absolute atomic E-state index is 12.6. The Balaban J connectivity index is 1.40. The van der Waals surface area contributed by atoms with Crippen molar-refractivity contribution >= 4 is 29.1 Å². The molecule has 1 aliphatic heterocycles. The van der Waals surface area contributed by atoms with Crippen LogP contribution in [0, 0.1) is 0 Å². The quantitative estimate of drug-likeness (QED) is 0.471. The van der Waals surface area contributed by atoms with E-state index in [9.17, 15) is 9.59 Å². The second-order valence-electron chi connectivity index (χ2n) is 6.93. The van der Waals surface area contributed by atoms with Crippen LogP contribution in [0.25, 0.3) is 11.4 Å². The minimum atomic E-state index is -0.0119. The number of ketones is 1. The molecule has 148 valence electrons. The Bertz CT molecular complexity index is 1030. The zero-order chi connectivity index (χ0) is 20.2. The number of aromatic nitrogens is 3. The van der Waals surface area contributed by atoms with Crippen LogP contribution in [0.15, 0.2) is 53.7 Å². The highest BCUT2D eigenvalue weighted by atomic mass is 32.2. The molecule has 1 fully saturated rings. The van der Waals surface area contributed by atoms with Crippen molar-refractivity contribution in [2.45, 2.75) is 31.3 Å². The Morgan fingerprint density at radius 3 is 2.76 bits per heavy atom. The summed E-state index contributed by atoms with van der Waals surface area (Å²) in [5, 5.41) is 7.69. The van der Waals surface area contributed by atoms with Gasteiger partial charge in [-0.15, -0.1) is 5.10 Å². The lowest BCUT2D eigenvalue weighted by atomic mass is 10.1. The molecule has 7 heteroatoms. The van der Waals surface area contributed by atoms with E-state index in [-0.39, 0.29) is 17.4 Å². The maximum Gasteiger partial charge on any atom is 0.227 e. The lowest BCUT2D eigenvalue weighted by molar-refractivity contribution is -0.117. The van der Waals surface area contributed by atoms with Crippen LogP contribution in [-0.2, 0) is 11.2 Å². The van der Waals surface area contributed by atoms with Gasteiger partial charge in [0, 0.05) is 29.8 Å². The van der Waals surface area contributed by atoms with Gasteiger partial charge in [-0.3, -0.25) is 14.7 Å². The summed E-state index contributed by atoms with van der Waals surface area (Å²) in [5.74, 6) is 1.03. The molecule has 4 rings (SSSR count). The molecule has 0 atom stereocenters. The zero-order valence-electron chi connectivity index (χ0n) is 16.2. The van der Waals surface area contributed by atoms with Gasteiger partial charge < -0.3 is 4.90 Å². The Morgan fingerprint density at radius 2 is 2.03 bits per heavy atom. The fraction of sp³-hybridized carbons (Fsp3) is 0.273. The summed E-state index contributed by atoms with van der Waals surface area (Å²) in [6, 6.07) is 15.5. The Labute approximate surface area is 173 Å². The van der Waals surface area contributed by atoms with E-state index in [1.165, 1.54) is 17.3 Å². The summed E-state index contributed by atoms with van der Waals surface area (Å²) in [6.07, 6.45) is 2.43. The number of hydrogen-bond acceptors (Lipinski definition) is 5. The number of H-pyrrole nitrogens is 1. The summed E-state index contributed by atoms with van der Waals surface area (Å²) in [6.45, 7) is 2.83. The first-order chi connectivity index (χ1) is 14.1. The van der Waals surface area contributed by atoms with Gasteiger partial charge in [-0.2, -0.15) is 0 Å². The van der Waals surface area contributed by atoms with Crippen LogP contribution in [0.5, 0.6) is 0 Å². The van der Waals surface area contributed by atoms with E-state index in [1.54, 1.807) is 17.0 Å². The minimum absolute atomic E-state index is 0.0119. The molecule has 0 spiro atoms. The first-order valence-corrected chi connectivity index (χ1v) is 10.7. The van der Waals surface area contributed by atoms with Gasteiger partial charge in [0.25, 0.3) is 0 Å². The molecule has 0 radical (unpaired) electrons. The van der Waals surface area contributed by atoms with Crippen LogP contribution in [0.1, 0.15) is 35.7 Å². The highest BCUT2D eigenvalue weighted by Gasteiger charge is 2.22. The van der Waals surface area contributed by atoms with Crippen molar-refractivity contribution in [2.75, 3.05) is 17.2 Å². The van der Waals surface area contributed by atoms with Crippen LogP contribution < -0.4 is 4.90 Å². The molecular weight excluding hydrogens is 384 g/mol. The van der Waals surface area contributed by atoms with Crippen LogP contribution in [0.3, 0.4) is 0 Å². The summed E-state index contributed by atoms with van der Waals surface area (Å²) in [5.41, 5.74) is 3.63. The summed E-state index contributed by atoms with van der Waals surface area (Å²) >= 11 is 1.30. The molecule has 1 amide bonds. The molecule has 29 heavy (non-hydrogen) atoms. The Morgan fingerprint density at radius 1 is 1.21 bits per heavy atom. The molecular formula is C22H22N4O2S. The van der Waals surface area contributed by atoms with Gasteiger partial charge in [-0.25, -0.2) is 4.98 Å². The lowest BCUT2D eigenvalue weighted by Crippen LogP contribution is -2.23. The van der Waals surface area contributed by atoms with Crippen molar-refractivity contribution in [3.05, 3.63) is 59.7 Å². The monoisotopic (exact) mass is 406 g/mol. The maximum atomic E-state index is 12.6. The van der Waals surface area contributed by atoms with Gasteiger partial charge in [-0.1, -0.05) is 55.1 Å². The standard InChI is InChI=1S/C22H22N4O2S/c1-2-15-8-10-16(11-9-15)21-23-22(25-24-21)29-14-19(27)17-5-3-6-18(13-17)26-12-4-7-20(26)28/h3,5-6,8-11,13H,2,4,7,12,14H2,1H3,(H,23,24,25). The second-order valence-corrected chi connectivity index (χ2v) is 7.87. The number of aryl methyl sites for hydroxylation is 1. The number of benzene rings is 2. The van der Waals surface area contributed by atoms with E-state index in [4.69, 9.17) is 0 Å². The third-order valence-electron chi connectivity index (χ3n) is 4.99. The molecule has 0 aliphatic carbocycles. The molecule has 0 unspecified atom stereocenters. The highest BCUT2D eigenvalue weighted by molar-refractivity contribution is 7.99. The van der Waals surface area contributed by atoms with E-state index in [0.717, 1.165) is 24.1 Å². The number of nitrogens with zero attached hydrogens (tertiary/aromatic N) is 3. The smallest absolute Gasteiger partial charge is 0.227 e. The van der Waals surface area contributed by atoms with Crippen LogP contribution in [0.4, 0.5) is 5.69 Å².